The van der Waals surface area contributed by atoms with Gasteiger partial charge in [0, 0.05) is 40.8 Å². The van der Waals surface area contributed by atoms with Crippen LogP contribution in [0.25, 0.3) is 32.6 Å². The Hall–Kier alpha value is -3.61. The molecule has 32 heavy (non-hydrogen) atoms. The van der Waals surface area contributed by atoms with Gasteiger partial charge in [-0.1, -0.05) is 35.9 Å². The maximum Gasteiger partial charge on any atom is 0.267 e. The number of nitrogens with zero attached hydrogens (tertiary/aromatic N) is 3. The number of pyridine rings is 2. The molecule has 5 aromatic rings. The van der Waals surface area contributed by atoms with Gasteiger partial charge in [0.05, 0.1) is 16.4 Å². The van der Waals surface area contributed by atoms with Crippen LogP contribution in [0.2, 0.25) is 5.02 Å². The first kappa shape index (κ1) is 20.3. The summed E-state index contributed by atoms with van der Waals surface area (Å²) in [4.78, 5) is 26.8. The molecule has 156 valence electrons. The molecule has 0 saturated heterocycles. The molecule has 0 aliphatic carbocycles. The highest BCUT2D eigenvalue weighted by Crippen LogP contribution is 2.34. The van der Waals surface area contributed by atoms with Gasteiger partial charge in [-0.25, -0.2) is 4.98 Å². The molecule has 2 aromatic carbocycles. The van der Waals surface area contributed by atoms with Crippen molar-refractivity contribution in [3.63, 3.8) is 0 Å². The molecule has 7 heteroatoms. The highest BCUT2D eigenvalue weighted by Gasteiger charge is 2.18. The van der Waals surface area contributed by atoms with Crippen molar-refractivity contribution in [3.05, 3.63) is 94.8 Å². The summed E-state index contributed by atoms with van der Waals surface area (Å²) in [5.74, 6) is -0.214. The molecule has 3 aromatic heterocycles. The molecule has 0 atom stereocenters. The zero-order valence-electron chi connectivity index (χ0n) is 17.0. The number of fused-ring (bicyclic) bond motifs is 1. The van der Waals surface area contributed by atoms with E-state index in [2.05, 4.69) is 20.3 Å². The van der Waals surface area contributed by atoms with Crippen molar-refractivity contribution < 1.29 is 4.79 Å². The summed E-state index contributed by atoms with van der Waals surface area (Å²) in [6.45, 7) is 1.83. The van der Waals surface area contributed by atoms with Crippen LogP contribution in [0.4, 0.5) is 5.69 Å². The molecule has 0 aliphatic rings. The summed E-state index contributed by atoms with van der Waals surface area (Å²) in [5.41, 5.74) is 3.74. The number of carbonyl (C=O) groups excluding carboxylic acids is 1. The van der Waals surface area contributed by atoms with E-state index in [4.69, 9.17) is 11.6 Å². The van der Waals surface area contributed by atoms with E-state index in [1.54, 1.807) is 30.7 Å². The van der Waals surface area contributed by atoms with Gasteiger partial charge in [-0.3, -0.25) is 14.8 Å². The molecule has 5 rings (SSSR count). The van der Waals surface area contributed by atoms with Crippen molar-refractivity contribution >= 4 is 45.3 Å². The topological polar surface area (TPSA) is 67.8 Å². The number of benzene rings is 2. The van der Waals surface area contributed by atoms with Gasteiger partial charge in [0.2, 0.25) is 0 Å². The average Bonchev–Trinajstić information content (AvgIpc) is 3.22. The number of nitrogens with one attached hydrogen (secondary N) is 1. The third-order valence-corrected chi connectivity index (χ3v) is 6.60. The van der Waals surface area contributed by atoms with Crippen LogP contribution in [0, 0.1) is 6.92 Å². The Labute approximate surface area is 193 Å². The second-order valence-electron chi connectivity index (χ2n) is 7.20. The average molecular weight is 457 g/mol. The second-order valence-corrected chi connectivity index (χ2v) is 8.61. The summed E-state index contributed by atoms with van der Waals surface area (Å²) < 4.78 is 0. The van der Waals surface area contributed by atoms with E-state index in [-0.39, 0.29) is 5.91 Å². The first-order valence-electron chi connectivity index (χ1n) is 9.93. The van der Waals surface area contributed by atoms with Crippen LogP contribution < -0.4 is 5.32 Å². The number of hydrogen-bond acceptors (Lipinski definition) is 5. The van der Waals surface area contributed by atoms with Crippen molar-refractivity contribution in [2.45, 2.75) is 6.92 Å². The zero-order chi connectivity index (χ0) is 22.1. The lowest BCUT2D eigenvalue weighted by molar-refractivity contribution is 0.103. The number of anilines is 1. The van der Waals surface area contributed by atoms with Crippen LogP contribution in [0.5, 0.6) is 0 Å². The Bertz CT molecular complexity index is 1440. The Kier molecular flexibility index (Phi) is 5.39. The summed E-state index contributed by atoms with van der Waals surface area (Å²) in [7, 11) is 0. The maximum atomic E-state index is 13.0. The number of thiazole rings is 1. The fourth-order valence-electron chi connectivity index (χ4n) is 3.53. The SMILES string of the molecule is Cc1nc(-c2cccnc2)sc1C(=O)Nc1ccc(Cl)c(-c2nccc3ccccc23)c1. The molecule has 0 unspecified atom stereocenters. The van der Waals surface area contributed by atoms with E-state index in [0.717, 1.165) is 32.6 Å². The maximum absolute atomic E-state index is 13.0. The molecule has 0 saturated carbocycles. The van der Waals surface area contributed by atoms with E-state index in [0.29, 0.717) is 21.3 Å². The number of halogens is 1. The third-order valence-electron chi connectivity index (χ3n) is 5.06. The van der Waals surface area contributed by atoms with Crippen LogP contribution in [-0.4, -0.2) is 20.9 Å². The molecule has 0 aliphatic heterocycles. The Morgan fingerprint density at radius 3 is 2.75 bits per heavy atom. The summed E-state index contributed by atoms with van der Waals surface area (Å²) >= 11 is 7.86. The Balaban J connectivity index is 1.47. The number of aromatic nitrogens is 3. The van der Waals surface area contributed by atoms with Gasteiger partial charge in [0.1, 0.15) is 9.88 Å². The monoisotopic (exact) mass is 456 g/mol. The minimum absolute atomic E-state index is 0.214. The van der Waals surface area contributed by atoms with Gasteiger partial charge in [0.25, 0.3) is 5.91 Å². The number of amides is 1. The molecular formula is C25H17ClN4OS. The fraction of sp³-hybridized carbons (Fsp3) is 0.0400. The summed E-state index contributed by atoms with van der Waals surface area (Å²) in [6.07, 6.45) is 5.21. The first-order valence-corrected chi connectivity index (χ1v) is 11.1. The number of aryl methyl sites for hydroxylation is 1. The molecule has 0 radical (unpaired) electrons. The number of rotatable bonds is 4. The molecule has 0 fully saturated rings. The molecule has 1 amide bonds. The quantitative estimate of drug-likeness (QED) is 0.329. The minimum Gasteiger partial charge on any atom is -0.321 e. The lowest BCUT2D eigenvalue weighted by Gasteiger charge is -2.11. The first-order chi connectivity index (χ1) is 15.6. The van der Waals surface area contributed by atoms with Gasteiger partial charge in [-0.15, -0.1) is 11.3 Å². The van der Waals surface area contributed by atoms with E-state index in [1.807, 2.05) is 55.5 Å². The van der Waals surface area contributed by atoms with Crippen molar-refractivity contribution in [1.29, 1.82) is 0 Å². The van der Waals surface area contributed by atoms with E-state index < -0.39 is 0 Å². The van der Waals surface area contributed by atoms with Gasteiger partial charge in [0.15, 0.2) is 0 Å². The van der Waals surface area contributed by atoms with E-state index >= 15 is 0 Å². The van der Waals surface area contributed by atoms with Crippen LogP contribution in [-0.2, 0) is 0 Å². The van der Waals surface area contributed by atoms with Crippen LogP contribution >= 0.6 is 22.9 Å². The fourth-order valence-corrected chi connectivity index (χ4v) is 4.69. The Morgan fingerprint density at radius 1 is 1.03 bits per heavy atom. The summed E-state index contributed by atoms with van der Waals surface area (Å²) in [5, 5.41) is 6.38. The van der Waals surface area contributed by atoms with Gasteiger partial charge in [-0.05, 0) is 48.7 Å². The van der Waals surface area contributed by atoms with Crippen molar-refractivity contribution in [2.24, 2.45) is 0 Å². The largest absolute Gasteiger partial charge is 0.321 e. The predicted octanol–water partition coefficient (Wildman–Crippen LogP) is 6.63. The molecule has 0 spiro atoms. The van der Waals surface area contributed by atoms with Crippen molar-refractivity contribution in [1.82, 2.24) is 15.0 Å². The lowest BCUT2D eigenvalue weighted by Crippen LogP contribution is -2.11. The molecule has 5 nitrogen and oxygen atoms in total. The lowest BCUT2D eigenvalue weighted by atomic mass is 10.0. The molecule has 0 bridgehead atoms. The normalized spacial score (nSPS) is 10.9. The summed E-state index contributed by atoms with van der Waals surface area (Å²) in [6, 6.07) is 19.2. The van der Waals surface area contributed by atoms with Crippen molar-refractivity contribution in [3.8, 4) is 21.8 Å². The van der Waals surface area contributed by atoms with E-state index in [1.165, 1.54) is 11.3 Å². The van der Waals surface area contributed by atoms with Gasteiger partial charge >= 0.3 is 0 Å². The number of hydrogen-bond donors (Lipinski definition) is 1. The third kappa shape index (κ3) is 3.86. The van der Waals surface area contributed by atoms with E-state index in [9.17, 15) is 4.79 Å². The predicted molar refractivity (Wildman–Crippen MR) is 130 cm³/mol. The van der Waals surface area contributed by atoms with Gasteiger partial charge in [-0.2, -0.15) is 0 Å². The van der Waals surface area contributed by atoms with Crippen LogP contribution in [0.3, 0.4) is 0 Å². The minimum atomic E-state index is -0.214. The standard InChI is InChI=1S/C25H17ClN4OS/c1-15-23(32-25(29-15)17-6-4-11-27-14-17)24(31)30-18-8-9-21(26)20(13-18)22-19-7-3-2-5-16(19)10-12-28-22/h2-14H,1H3,(H,30,31). The Morgan fingerprint density at radius 2 is 1.91 bits per heavy atom. The highest BCUT2D eigenvalue weighted by molar-refractivity contribution is 7.17. The van der Waals surface area contributed by atoms with Crippen molar-refractivity contribution in [2.75, 3.05) is 5.32 Å². The second kappa shape index (κ2) is 8.49. The molecule has 1 N–H and O–H groups in total. The number of carbonyl (C=O) groups is 1. The van der Waals surface area contributed by atoms with Crippen LogP contribution in [0.1, 0.15) is 15.4 Å². The zero-order valence-corrected chi connectivity index (χ0v) is 18.6. The van der Waals surface area contributed by atoms with Crippen LogP contribution in [0.15, 0.2) is 79.3 Å². The molecular weight excluding hydrogens is 440 g/mol. The van der Waals surface area contributed by atoms with Gasteiger partial charge < -0.3 is 5.32 Å². The highest BCUT2D eigenvalue weighted by atomic mass is 35.5. The smallest absolute Gasteiger partial charge is 0.267 e. The molecule has 3 heterocycles.